The van der Waals surface area contributed by atoms with Crippen LogP contribution in [0.15, 0.2) is 0 Å². The van der Waals surface area contributed by atoms with E-state index in [9.17, 15) is 8.42 Å². The van der Waals surface area contributed by atoms with Gasteiger partial charge in [0.1, 0.15) is 4.75 Å². The topological polar surface area (TPSA) is 74.3 Å². The third kappa shape index (κ3) is 51.7. The summed E-state index contributed by atoms with van der Waals surface area (Å²) in [6, 6.07) is 0. The monoisotopic (exact) mass is 540 g/mol. The Morgan fingerprint density at radius 2 is 1.20 bits per heavy atom. The second-order valence-corrected chi connectivity index (χ2v) is 8.76. The van der Waals surface area contributed by atoms with E-state index in [4.69, 9.17) is 33.2 Å². The van der Waals surface area contributed by atoms with Crippen LogP contribution in [-0.4, -0.2) is 44.2 Å². The third-order valence-corrected chi connectivity index (χ3v) is 3.70. The molecule has 0 spiro atoms. The summed E-state index contributed by atoms with van der Waals surface area (Å²) in [6.45, 7) is 6.55. The predicted molar refractivity (Wildman–Crippen MR) is 122 cm³/mol. The molecule has 0 saturated heterocycles. The van der Waals surface area contributed by atoms with Gasteiger partial charge in [0.25, 0.3) is 0 Å². The molecule has 0 aliphatic rings. The first-order valence-electron chi connectivity index (χ1n) is 5.33. The number of rotatable bonds is 1. The van der Waals surface area contributed by atoms with Crippen LogP contribution in [0.2, 0.25) is 0 Å². The Bertz CT molecular complexity index is 470. The van der Waals surface area contributed by atoms with Gasteiger partial charge in [-0.2, -0.15) is 0 Å². The van der Waals surface area contributed by atoms with Gasteiger partial charge in [-0.3, -0.25) is 4.21 Å². The Hall–Kier alpha value is 1.20. The number of terminal acetylenes is 2. The Kier molecular flexibility index (Phi) is 50.6. The van der Waals surface area contributed by atoms with E-state index in [0.29, 0.717) is 0 Å². The molecule has 0 aliphatic heterocycles. The van der Waals surface area contributed by atoms with Crippen molar-refractivity contribution in [3.8, 4) is 24.7 Å². The van der Waals surface area contributed by atoms with Crippen LogP contribution in [0.4, 0.5) is 0 Å². The summed E-state index contributed by atoms with van der Waals surface area (Å²) in [7, 11) is -3.09. The minimum atomic E-state index is -3.09. The Balaban J connectivity index is -0.0000000269. The summed E-state index contributed by atoms with van der Waals surface area (Å²) in [5, 5.41) is 0. The molecule has 1 unspecified atom stereocenters. The molecule has 0 radical (unpaired) electrons. The molecule has 0 aliphatic carbocycles. The zero-order valence-corrected chi connectivity index (χ0v) is 20.9. The molecule has 0 fully saturated rings. The van der Waals surface area contributed by atoms with E-state index < -0.39 is 30.5 Å². The summed E-state index contributed by atoms with van der Waals surface area (Å²) in [6.07, 6.45) is 12.1. The number of hydrogen-bond donors (Lipinski definition) is 0. The van der Waals surface area contributed by atoms with Crippen LogP contribution < -0.4 is 29.6 Å². The van der Waals surface area contributed by atoms with Crippen molar-refractivity contribution < 1.29 is 46.7 Å². The second kappa shape index (κ2) is 25.2. The molecule has 1 atom stereocenters. The van der Waals surface area contributed by atoms with Crippen molar-refractivity contribution in [1.82, 2.24) is 0 Å². The first-order valence-corrected chi connectivity index (χ1v) is 11.2. The zero-order valence-electron chi connectivity index (χ0n) is 14.4. The van der Waals surface area contributed by atoms with E-state index in [2.05, 4.69) is 34.4 Å². The van der Waals surface area contributed by atoms with Crippen molar-refractivity contribution in [2.24, 2.45) is 0 Å². The second-order valence-electron chi connectivity index (χ2n) is 4.44. The van der Waals surface area contributed by atoms with Gasteiger partial charge in [-0.15, -0.1) is 24.4 Å². The molecule has 4 nitrogen and oxygen atoms in total. The van der Waals surface area contributed by atoms with E-state index in [0.717, 1.165) is 12.5 Å². The molecule has 0 amide bonds. The van der Waals surface area contributed by atoms with Crippen molar-refractivity contribution >= 4 is 55.1 Å². The molecule has 150 valence electrons. The van der Waals surface area contributed by atoms with Crippen LogP contribution in [0, 0.1) is 24.7 Å². The molecule has 0 N–H and O–H groups in total. The van der Waals surface area contributed by atoms with Crippen LogP contribution in [0.3, 0.4) is 0 Å². The zero-order chi connectivity index (χ0) is 18.5. The van der Waals surface area contributed by atoms with Crippen LogP contribution in [0.1, 0.15) is 50.0 Å². The average Bonchev–Trinajstić information content (AvgIpc) is 2.29. The maximum Gasteiger partial charge on any atom is 1.00 e. The Labute approximate surface area is 201 Å². The van der Waals surface area contributed by atoms with Crippen molar-refractivity contribution in [1.29, 1.82) is 0 Å². The molecule has 0 bridgehead atoms. The van der Waals surface area contributed by atoms with Gasteiger partial charge in [-0.1, -0.05) is 67.8 Å². The van der Waals surface area contributed by atoms with Crippen molar-refractivity contribution in [3.63, 3.8) is 0 Å². The van der Waals surface area contributed by atoms with E-state index >= 15 is 0 Å². The molecule has 0 saturated carbocycles. The van der Waals surface area contributed by atoms with Crippen LogP contribution in [0.5, 0.6) is 0 Å². The molecule has 9 heteroatoms. The molecular formula is C16H35ClINaO4S2. The van der Waals surface area contributed by atoms with E-state index in [1.807, 2.05) is 4.93 Å². The summed E-state index contributed by atoms with van der Waals surface area (Å²) < 4.78 is 38.5. The molecule has 0 aromatic heterocycles. The first kappa shape index (κ1) is 50.2. The molecule has 0 aromatic carbocycles. The summed E-state index contributed by atoms with van der Waals surface area (Å²) in [5.41, 5.74) is 0. The predicted octanol–water partition coefficient (Wildman–Crippen LogP) is 1.54. The molecule has 0 aromatic rings. The Morgan fingerprint density at radius 1 is 1.04 bits per heavy atom. The number of alkyl halides is 2. The SMILES string of the molecule is C.C.C.C#CC(C)(C)Cl.C#CC(C)(C)S(C)(=O)=O.CI.CS(=O)[O-].[Na+]. The van der Waals surface area contributed by atoms with E-state index in [1.54, 1.807) is 13.8 Å². The van der Waals surface area contributed by atoms with E-state index in [-0.39, 0.29) is 51.8 Å². The molecule has 0 rings (SSSR count). The van der Waals surface area contributed by atoms with Crippen LogP contribution in [-0.2, 0) is 20.9 Å². The van der Waals surface area contributed by atoms with Gasteiger partial charge < -0.3 is 4.55 Å². The number of hydrogen-bond acceptors (Lipinski definition) is 4. The van der Waals surface area contributed by atoms with Crippen LogP contribution >= 0.6 is 34.2 Å². The first-order chi connectivity index (χ1) is 9.10. The van der Waals surface area contributed by atoms with Gasteiger partial charge in [-0.05, 0) is 38.9 Å². The van der Waals surface area contributed by atoms with Gasteiger partial charge in [0.15, 0.2) is 9.84 Å². The largest absolute Gasteiger partial charge is 1.00 e. The number of sulfone groups is 1. The minimum Gasteiger partial charge on any atom is -0.773 e. The van der Waals surface area contributed by atoms with Crippen molar-refractivity contribution in [2.75, 3.05) is 17.4 Å². The Morgan fingerprint density at radius 3 is 1.20 bits per heavy atom. The molecular weight excluding hydrogens is 506 g/mol. The van der Waals surface area contributed by atoms with Crippen molar-refractivity contribution in [3.05, 3.63) is 0 Å². The maximum absolute atomic E-state index is 10.7. The summed E-state index contributed by atoms with van der Waals surface area (Å²) >= 11 is 5.77. The van der Waals surface area contributed by atoms with E-state index in [1.165, 1.54) is 13.8 Å². The van der Waals surface area contributed by atoms with Gasteiger partial charge >= 0.3 is 29.6 Å². The van der Waals surface area contributed by atoms with Gasteiger partial charge in [0.05, 0.1) is 4.87 Å². The smallest absolute Gasteiger partial charge is 0.773 e. The normalized spacial score (nSPS) is 9.76. The minimum absolute atomic E-state index is 0. The fourth-order valence-corrected chi connectivity index (χ4v) is 0.321. The summed E-state index contributed by atoms with van der Waals surface area (Å²) in [5.74, 6) is 4.56. The van der Waals surface area contributed by atoms with Crippen LogP contribution in [0.25, 0.3) is 0 Å². The average molecular weight is 541 g/mol. The van der Waals surface area contributed by atoms with Crippen molar-refractivity contribution in [2.45, 2.75) is 59.6 Å². The standard InChI is InChI=1S/C6H10O2S.C5H7Cl.CH3I.CH4O2S.3CH4.Na/c1-5-6(2,3)9(4,7)8;1-4-5(2,3)6;1-2;1-4(2)3;;;;/h1H,2-4H3;1H,2-3H3;1H3;1H3,(H,2,3);3*1H4;/q;;;;;;;+1/p-1. The van der Waals surface area contributed by atoms with Gasteiger partial charge in [0, 0.05) is 6.26 Å². The maximum atomic E-state index is 10.7. The number of halogens is 2. The van der Waals surface area contributed by atoms with Gasteiger partial charge in [-0.25, -0.2) is 8.42 Å². The van der Waals surface area contributed by atoms with Gasteiger partial charge in [0.2, 0.25) is 0 Å². The fraction of sp³-hybridized carbons (Fsp3) is 0.750. The molecule has 25 heavy (non-hydrogen) atoms. The fourth-order valence-electron chi connectivity index (χ4n) is 0.107. The molecule has 0 heterocycles. The third-order valence-electron chi connectivity index (χ3n) is 1.62. The quantitative estimate of drug-likeness (QED) is 0.166. The summed E-state index contributed by atoms with van der Waals surface area (Å²) in [4.78, 5) is 1.51.